The van der Waals surface area contributed by atoms with E-state index in [1.54, 1.807) is 0 Å². The summed E-state index contributed by atoms with van der Waals surface area (Å²) in [6.07, 6.45) is 5.51. The van der Waals surface area contributed by atoms with Crippen LogP contribution in [0.5, 0.6) is 0 Å². The second-order valence-corrected chi connectivity index (χ2v) is 4.51. The van der Waals surface area contributed by atoms with Gasteiger partial charge in [-0.1, -0.05) is 23.2 Å². The monoisotopic (exact) mass is 209 g/mol. The van der Waals surface area contributed by atoms with Crippen molar-refractivity contribution in [3.8, 4) is 0 Å². The van der Waals surface area contributed by atoms with Crippen molar-refractivity contribution in [3.05, 3.63) is 11.4 Å². The van der Waals surface area contributed by atoms with Crippen LogP contribution in [0.25, 0.3) is 0 Å². The maximum absolute atomic E-state index is 4.66. The Labute approximate surface area is 90.4 Å². The second kappa shape index (κ2) is 4.75. The lowest BCUT2D eigenvalue weighted by Gasteiger charge is -2.19. The Bertz CT molecular complexity index is 305. The van der Waals surface area contributed by atoms with Gasteiger partial charge in [0.15, 0.2) is 0 Å². The van der Waals surface area contributed by atoms with Gasteiger partial charge >= 0.3 is 0 Å². The summed E-state index contributed by atoms with van der Waals surface area (Å²) < 4.78 is 4.66. The summed E-state index contributed by atoms with van der Waals surface area (Å²) in [6.45, 7) is 4.96. The highest BCUT2D eigenvalue weighted by Crippen LogP contribution is 2.27. The molecule has 1 aliphatic rings. The van der Waals surface area contributed by atoms with Crippen LogP contribution in [0.1, 0.15) is 44.0 Å². The van der Waals surface area contributed by atoms with E-state index in [-0.39, 0.29) is 0 Å². The molecule has 0 radical (unpaired) electrons. The highest BCUT2D eigenvalue weighted by molar-refractivity contribution is 5.04. The Morgan fingerprint density at radius 1 is 1.40 bits per heavy atom. The van der Waals surface area contributed by atoms with Crippen LogP contribution in [0.15, 0.2) is 4.63 Å². The first-order chi connectivity index (χ1) is 7.27. The molecule has 15 heavy (non-hydrogen) atoms. The molecule has 0 saturated heterocycles. The fourth-order valence-corrected chi connectivity index (χ4v) is 2.29. The van der Waals surface area contributed by atoms with E-state index in [2.05, 4.69) is 27.2 Å². The molecule has 0 amide bonds. The van der Waals surface area contributed by atoms with Crippen molar-refractivity contribution in [1.29, 1.82) is 0 Å². The van der Waals surface area contributed by atoms with E-state index in [1.165, 1.54) is 25.7 Å². The molecule has 0 aromatic carbocycles. The van der Waals surface area contributed by atoms with E-state index in [4.69, 9.17) is 0 Å². The molecular weight excluding hydrogens is 190 g/mol. The molecule has 1 heterocycles. The summed E-state index contributed by atoms with van der Waals surface area (Å²) in [4.78, 5) is 0. The van der Waals surface area contributed by atoms with Gasteiger partial charge in [0.25, 0.3) is 0 Å². The molecule has 2 rings (SSSR count). The zero-order chi connectivity index (χ0) is 10.7. The SMILES string of the molecule is Cc1nonc1CNC(C)C1CCCC1. The Kier molecular flexibility index (Phi) is 3.36. The number of nitrogens with one attached hydrogen (secondary N) is 1. The quantitative estimate of drug-likeness (QED) is 0.824. The van der Waals surface area contributed by atoms with E-state index in [1.807, 2.05) is 6.92 Å². The van der Waals surface area contributed by atoms with Gasteiger partial charge in [0, 0.05) is 12.6 Å². The molecule has 1 aromatic rings. The zero-order valence-electron chi connectivity index (χ0n) is 9.49. The molecule has 0 spiro atoms. The van der Waals surface area contributed by atoms with Gasteiger partial charge in [-0.3, -0.25) is 0 Å². The van der Waals surface area contributed by atoms with Gasteiger partial charge < -0.3 is 5.32 Å². The van der Waals surface area contributed by atoms with Crippen molar-refractivity contribution >= 4 is 0 Å². The highest BCUT2D eigenvalue weighted by Gasteiger charge is 2.21. The van der Waals surface area contributed by atoms with Gasteiger partial charge in [0.1, 0.15) is 11.4 Å². The minimum atomic E-state index is 0.573. The van der Waals surface area contributed by atoms with Crippen LogP contribution in [0.4, 0.5) is 0 Å². The minimum absolute atomic E-state index is 0.573. The predicted molar refractivity (Wildman–Crippen MR) is 57.3 cm³/mol. The standard InChI is InChI=1S/C11H19N3O/c1-8(10-5-3-4-6-10)12-7-11-9(2)13-15-14-11/h8,10,12H,3-7H2,1-2H3. The minimum Gasteiger partial charge on any atom is -0.308 e. The summed E-state index contributed by atoms with van der Waals surface area (Å²) in [7, 11) is 0. The highest BCUT2D eigenvalue weighted by atomic mass is 16.6. The average Bonchev–Trinajstić information content (AvgIpc) is 2.85. The molecule has 0 aliphatic heterocycles. The van der Waals surface area contributed by atoms with Gasteiger partial charge in [0.2, 0.25) is 0 Å². The number of hydrogen-bond acceptors (Lipinski definition) is 4. The molecule has 1 fully saturated rings. The molecule has 1 N–H and O–H groups in total. The molecule has 1 saturated carbocycles. The largest absolute Gasteiger partial charge is 0.308 e. The number of aryl methyl sites for hydroxylation is 1. The topological polar surface area (TPSA) is 51.0 Å². The van der Waals surface area contributed by atoms with Crippen molar-refractivity contribution in [3.63, 3.8) is 0 Å². The van der Waals surface area contributed by atoms with E-state index in [0.29, 0.717) is 6.04 Å². The number of rotatable bonds is 4. The van der Waals surface area contributed by atoms with Crippen molar-refractivity contribution < 1.29 is 4.63 Å². The third kappa shape index (κ3) is 2.56. The van der Waals surface area contributed by atoms with Crippen molar-refractivity contribution in [2.75, 3.05) is 0 Å². The third-order valence-corrected chi connectivity index (χ3v) is 3.44. The normalized spacial score (nSPS) is 19.6. The van der Waals surface area contributed by atoms with Crippen LogP contribution in [-0.4, -0.2) is 16.4 Å². The van der Waals surface area contributed by atoms with E-state index < -0.39 is 0 Å². The zero-order valence-corrected chi connectivity index (χ0v) is 9.49. The predicted octanol–water partition coefficient (Wildman–Crippen LogP) is 2.05. The number of hydrogen-bond donors (Lipinski definition) is 1. The maximum atomic E-state index is 4.66. The number of nitrogens with zero attached hydrogens (tertiary/aromatic N) is 2. The van der Waals surface area contributed by atoms with Crippen LogP contribution in [-0.2, 0) is 6.54 Å². The lowest BCUT2D eigenvalue weighted by molar-refractivity contribution is 0.298. The van der Waals surface area contributed by atoms with Gasteiger partial charge in [-0.25, -0.2) is 4.63 Å². The van der Waals surface area contributed by atoms with Gasteiger partial charge in [0.05, 0.1) is 0 Å². The first-order valence-electron chi connectivity index (χ1n) is 5.79. The molecule has 4 heteroatoms. The van der Waals surface area contributed by atoms with E-state index in [0.717, 1.165) is 23.9 Å². The van der Waals surface area contributed by atoms with E-state index in [9.17, 15) is 0 Å². The average molecular weight is 209 g/mol. The Balaban J connectivity index is 1.80. The van der Waals surface area contributed by atoms with Crippen molar-refractivity contribution in [2.45, 2.75) is 52.1 Å². The maximum Gasteiger partial charge on any atom is 0.121 e. The first kappa shape index (κ1) is 10.6. The Hall–Kier alpha value is -0.900. The first-order valence-corrected chi connectivity index (χ1v) is 5.79. The molecule has 0 bridgehead atoms. The molecule has 1 unspecified atom stereocenters. The van der Waals surface area contributed by atoms with Crippen LogP contribution in [0.2, 0.25) is 0 Å². The molecule has 4 nitrogen and oxygen atoms in total. The van der Waals surface area contributed by atoms with Crippen molar-refractivity contribution in [2.24, 2.45) is 5.92 Å². The van der Waals surface area contributed by atoms with Crippen LogP contribution < -0.4 is 5.32 Å². The van der Waals surface area contributed by atoms with Gasteiger partial charge in [-0.05, 0) is 32.6 Å². The Morgan fingerprint density at radius 2 is 2.13 bits per heavy atom. The van der Waals surface area contributed by atoms with Crippen LogP contribution in [0.3, 0.4) is 0 Å². The lowest BCUT2D eigenvalue weighted by Crippen LogP contribution is -2.32. The summed E-state index contributed by atoms with van der Waals surface area (Å²) in [6, 6.07) is 0.573. The molecule has 1 aliphatic carbocycles. The fourth-order valence-electron chi connectivity index (χ4n) is 2.29. The fraction of sp³-hybridized carbons (Fsp3) is 0.818. The molecule has 84 valence electrons. The smallest absolute Gasteiger partial charge is 0.121 e. The van der Waals surface area contributed by atoms with Crippen molar-refractivity contribution in [1.82, 2.24) is 15.6 Å². The van der Waals surface area contributed by atoms with Gasteiger partial charge in [-0.2, -0.15) is 0 Å². The molecule has 1 aromatic heterocycles. The van der Waals surface area contributed by atoms with E-state index >= 15 is 0 Å². The molecule has 1 atom stereocenters. The lowest BCUT2D eigenvalue weighted by atomic mass is 10.00. The summed E-state index contributed by atoms with van der Waals surface area (Å²) >= 11 is 0. The molecular formula is C11H19N3O. The van der Waals surface area contributed by atoms with Crippen LogP contribution >= 0.6 is 0 Å². The van der Waals surface area contributed by atoms with Crippen LogP contribution in [0, 0.1) is 12.8 Å². The van der Waals surface area contributed by atoms with Gasteiger partial charge in [-0.15, -0.1) is 0 Å². The Morgan fingerprint density at radius 3 is 2.73 bits per heavy atom. The summed E-state index contributed by atoms with van der Waals surface area (Å²) in [5.41, 5.74) is 1.82. The second-order valence-electron chi connectivity index (χ2n) is 4.51. The third-order valence-electron chi connectivity index (χ3n) is 3.44. The summed E-state index contributed by atoms with van der Waals surface area (Å²) in [5, 5.41) is 11.1. The summed E-state index contributed by atoms with van der Waals surface area (Å²) in [5.74, 6) is 0.838. The number of aromatic nitrogens is 2.